The Labute approximate surface area is 165 Å². The molecule has 29 heavy (non-hydrogen) atoms. The number of fused-ring (bicyclic) bond motifs is 2. The number of halogens is 1. The van der Waals surface area contributed by atoms with Gasteiger partial charge in [-0.3, -0.25) is 5.10 Å². The van der Waals surface area contributed by atoms with E-state index in [1.165, 1.54) is 18.5 Å². The second-order valence-corrected chi connectivity index (χ2v) is 6.74. The zero-order valence-electron chi connectivity index (χ0n) is 15.5. The van der Waals surface area contributed by atoms with E-state index in [1.807, 2.05) is 31.2 Å². The van der Waals surface area contributed by atoms with E-state index in [9.17, 15) is 4.39 Å². The van der Waals surface area contributed by atoms with Crippen molar-refractivity contribution in [2.24, 2.45) is 0 Å². The van der Waals surface area contributed by atoms with Crippen LogP contribution >= 0.6 is 0 Å². The van der Waals surface area contributed by atoms with Gasteiger partial charge in [0.05, 0.1) is 28.8 Å². The van der Waals surface area contributed by atoms with Crippen LogP contribution in [0.15, 0.2) is 61.2 Å². The number of benzene rings is 2. The number of H-pyrrole nitrogens is 1. The van der Waals surface area contributed by atoms with Crippen molar-refractivity contribution in [3.8, 4) is 11.3 Å². The minimum Gasteiger partial charge on any atom is -0.348 e. The number of nitrogens with one attached hydrogen (secondary N) is 2. The Morgan fingerprint density at radius 3 is 2.86 bits per heavy atom. The van der Waals surface area contributed by atoms with E-state index in [0.29, 0.717) is 11.6 Å². The minimum atomic E-state index is -0.264. The first kappa shape index (κ1) is 17.2. The van der Waals surface area contributed by atoms with Gasteiger partial charge in [0, 0.05) is 17.1 Å². The number of anilines is 1. The first-order valence-corrected chi connectivity index (χ1v) is 9.10. The summed E-state index contributed by atoms with van der Waals surface area (Å²) in [5.41, 5.74) is 4.06. The second-order valence-electron chi connectivity index (χ2n) is 6.74. The van der Waals surface area contributed by atoms with Crippen LogP contribution in [-0.4, -0.2) is 30.1 Å². The first-order chi connectivity index (χ1) is 14.2. The fourth-order valence-electron chi connectivity index (χ4n) is 3.30. The van der Waals surface area contributed by atoms with Crippen molar-refractivity contribution in [1.29, 1.82) is 0 Å². The Morgan fingerprint density at radius 1 is 1.03 bits per heavy atom. The maximum Gasteiger partial charge on any atom is 0.223 e. The third-order valence-electron chi connectivity index (χ3n) is 4.80. The number of nitrogens with zero attached hydrogens (tertiary/aromatic N) is 5. The molecule has 0 saturated carbocycles. The lowest BCUT2D eigenvalue weighted by atomic mass is 10.1. The quantitative estimate of drug-likeness (QED) is 0.480. The molecule has 0 unspecified atom stereocenters. The van der Waals surface area contributed by atoms with Crippen molar-refractivity contribution in [3.05, 3.63) is 72.6 Å². The van der Waals surface area contributed by atoms with Crippen LogP contribution in [0.1, 0.15) is 18.5 Å². The van der Waals surface area contributed by atoms with E-state index in [2.05, 4.69) is 35.5 Å². The van der Waals surface area contributed by atoms with Gasteiger partial charge in [-0.1, -0.05) is 18.2 Å². The Morgan fingerprint density at radius 2 is 1.97 bits per heavy atom. The van der Waals surface area contributed by atoms with Gasteiger partial charge >= 0.3 is 0 Å². The highest BCUT2D eigenvalue weighted by Crippen LogP contribution is 2.27. The summed E-state index contributed by atoms with van der Waals surface area (Å²) < 4.78 is 13.5. The molecule has 0 aliphatic heterocycles. The molecule has 0 amide bonds. The van der Waals surface area contributed by atoms with Crippen LogP contribution in [0.5, 0.6) is 0 Å². The molecular weight excluding hydrogens is 369 g/mol. The van der Waals surface area contributed by atoms with Crippen LogP contribution in [0.25, 0.3) is 33.2 Å². The predicted molar refractivity (Wildman–Crippen MR) is 109 cm³/mol. The molecule has 0 radical (unpaired) electrons. The lowest BCUT2D eigenvalue weighted by Crippen LogP contribution is -2.09. The summed E-state index contributed by atoms with van der Waals surface area (Å²) in [6.45, 7) is 1.94. The summed E-state index contributed by atoms with van der Waals surface area (Å²) in [5, 5.41) is 11.9. The summed E-state index contributed by atoms with van der Waals surface area (Å²) in [6.07, 6.45) is 4.99. The molecule has 142 valence electrons. The minimum absolute atomic E-state index is 0.127. The maximum atomic E-state index is 13.5. The monoisotopic (exact) mass is 385 g/mol. The van der Waals surface area contributed by atoms with E-state index in [1.54, 1.807) is 18.5 Å². The van der Waals surface area contributed by atoms with Gasteiger partial charge in [-0.05, 0) is 36.8 Å². The number of rotatable bonds is 4. The van der Waals surface area contributed by atoms with Gasteiger partial charge in [-0.15, -0.1) is 0 Å². The Balaban J connectivity index is 1.46. The van der Waals surface area contributed by atoms with Gasteiger partial charge in [0.1, 0.15) is 12.1 Å². The van der Waals surface area contributed by atoms with Crippen molar-refractivity contribution in [2.75, 3.05) is 5.32 Å². The van der Waals surface area contributed by atoms with Crippen LogP contribution in [0.3, 0.4) is 0 Å². The fraction of sp³-hybridized carbons (Fsp3) is 0.0952. The molecule has 0 bridgehead atoms. The maximum absolute atomic E-state index is 13.5. The third-order valence-corrected chi connectivity index (χ3v) is 4.80. The van der Waals surface area contributed by atoms with Crippen LogP contribution in [0, 0.1) is 5.82 Å². The molecule has 0 saturated heterocycles. The van der Waals surface area contributed by atoms with Gasteiger partial charge in [0.2, 0.25) is 5.95 Å². The molecule has 7 nitrogen and oxygen atoms in total. The zero-order valence-corrected chi connectivity index (χ0v) is 15.5. The molecule has 0 aliphatic carbocycles. The average molecular weight is 385 g/mol. The molecule has 5 rings (SSSR count). The van der Waals surface area contributed by atoms with Crippen LogP contribution < -0.4 is 5.32 Å². The Bertz CT molecular complexity index is 1330. The van der Waals surface area contributed by atoms with Gasteiger partial charge in [-0.2, -0.15) is 5.10 Å². The van der Waals surface area contributed by atoms with Crippen molar-refractivity contribution >= 4 is 27.9 Å². The summed E-state index contributed by atoms with van der Waals surface area (Å²) in [4.78, 5) is 17.6. The molecule has 0 aliphatic rings. The molecular formula is C21H16FN7. The number of aromatic nitrogens is 6. The van der Waals surface area contributed by atoms with Crippen LogP contribution in [0.2, 0.25) is 0 Å². The summed E-state index contributed by atoms with van der Waals surface area (Å²) in [7, 11) is 0. The lowest BCUT2D eigenvalue weighted by molar-refractivity contribution is 0.623. The van der Waals surface area contributed by atoms with Crippen LogP contribution in [-0.2, 0) is 0 Å². The standard InChI is InChI=1S/C21H16FN7/c1-12(13-3-2-4-16(22)8-13)27-21-23-9-15-7-14(5-6-18(15)28-21)19-17-10-26-29-20(17)25-11-24-19/h2-12H,1H3,(H,23,27,28)(H,24,25,26,29)/t12-/m1/s1. The molecule has 3 heterocycles. The summed E-state index contributed by atoms with van der Waals surface area (Å²) >= 11 is 0. The molecule has 1 atom stereocenters. The van der Waals surface area contributed by atoms with Gasteiger partial charge in [0.15, 0.2) is 5.65 Å². The largest absolute Gasteiger partial charge is 0.348 e. The van der Waals surface area contributed by atoms with Crippen molar-refractivity contribution < 1.29 is 4.39 Å². The highest BCUT2D eigenvalue weighted by Gasteiger charge is 2.11. The van der Waals surface area contributed by atoms with E-state index in [-0.39, 0.29) is 11.9 Å². The van der Waals surface area contributed by atoms with Crippen molar-refractivity contribution in [2.45, 2.75) is 13.0 Å². The average Bonchev–Trinajstić information content (AvgIpc) is 3.22. The zero-order chi connectivity index (χ0) is 19.8. The van der Waals surface area contributed by atoms with E-state index in [4.69, 9.17) is 0 Å². The van der Waals surface area contributed by atoms with Crippen molar-refractivity contribution in [1.82, 2.24) is 30.1 Å². The Kier molecular flexibility index (Phi) is 4.09. The molecule has 5 aromatic rings. The number of hydrogen-bond acceptors (Lipinski definition) is 6. The molecule has 2 aromatic carbocycles. The molecule has 3 aromatic heterocycles. The van der Waals surface area contributed by atoms with E-state index < -0.39 is 0 Å². The van der Waals surface area contributed by atoms with Crippen molar-refractivity contribution in [3.63, 3.8) is 0 Å². The number of aromatic amines is 1. The van der Waals surface area contributed by atoms with E-state index in [0.717, 1.165) is 33.1 Å². The fourth-order valence-corrected chi connectivity index (χ4v) is 3.30. The van der Waals surface area contributed by atoms with Crippen LogP contribution in [0.4, 0.5) is 10.3 Å². The van der Waals surface area contributed by atoms with Gasteiger partial charge < -0.3 is 5.32 Å². The highest BCUT2D eigenvalue weighted by atomic mass is 19.1. The predicted octanol–water partition coefficient (Wildman–Crippen LogP) is 4.28. The number of hydrogen-bond donors (Lipinski definition) is 2. The SMILES string of the molecule is C[C@@H](Nc1ncc2cc(-c3ncnc4[nH]ncc34)ccc2n1)c1cccc(F)c1. The van der Waals surface area contributed by atoms with Gasteiger partial charge in [-0.25, -0.2) is 24.3 Å². The third kappa shape index (κ3) is 3.25. The second kappa shape index (κ2) is 6.90. The van der Waals surface area contributed by atoms with E-state index >= 15 is 0 Å². The molecule has 0 fully saturated rings. The lowest BCUT2D eigenvalue weighted by Gasteiger charge is -2.14. The Hall–Kier alpha value is -3.94. The van der Waals surface area contributed by atoms with Gasteiger partial charge in [0.25, 0.3) is 0 Å². The molecule has 0 spiro atoms. The first-order valence-electron chi connectivity index (χ1n) is 9.10. The smallest absolute Gasteiger partial charge is 0.223 e. The molecule has 2 N–H and O–H groups in total. The highest BCUT2D eigenvalue weighted by molar-refractivity contribution is 5.93. The molecule has 8 heteroatoms. The summed E-state index contributed by atoms with van der Waals surface area (Å²) in [5.74, 6) is 0.223. The topological polar surface area (TPSA) is 92.3 Å². The normalized spacial score (nSPS) is 12.3. The summed E-state index contributed by atoms with van der Waals surface area (Å²) in [6, 6.07) is 12.2.